The Morgan fingerprint density at radius 1 is 1.52 bits per heavy atom. The topological polar surface area (TPSA) is 109 Å². The summed E-state index contributed by atoms with van der Waals surface area (Å²) in [4.78, 5) is 21.1. The third-order valence-corrected chi connectivity index (χ3v) is 3.19. The molecule has 1 saturated heterocycles. The molecule has 3 amide bonds. The molecule has 1 aliphatic rings. The van der Waals surface area contributed by atoms with Crippen molar-refractivity contribution in [3.8, 4) is 0 Å². The molecular formula is C12H24IN5O3. The highest BCUT2D eigenvalue weighted by Gasteiger charge is 2.10. The Labute approximate surface area is 138 Å². The van der Waals surface area contributed by atoms with E-state index in [0.29, 0.717) is 17.0 Å². The van der Waals surface area contributed by atoms with Gasteiger partial charge < -0.3 is 21.1 Å². The number of primary amides is 1. The largest absolute Gasteiger partial charge is 0.413 e. The van der Waals surface area contributed by atoms with Crippen LogP contribution in [0.3, 0.4) is 0 Å². The van der Waals surface area contributed by atoms with Crippen LogP contribution in [0.5, 0.6) is 0 Å². The van der Waals surface area contributed by atoms with E-state index in [0.717, 1.165) is 25.9 Å². The van der Waals surface area contributed by atoms with Gasteiger partial charge in [-0.2, -0.15) is 0 Å². The summed E-state index contributed by atoms with van der Waals surface area (Å²) in [5.41, 5.74) is 7.30. The molecular weight excluding hydrogens is 389 g/mol. The van der Waals surface area contributed by atoms with Gasteiger partial charge in [0, 0.05) is 19.6 Å². The molecule has 5 N–H and O–H groups in total. The van der Waals surface area contributed by atoms with E-state index in [1.165, 1.54) is 0 Å². The number of nitrogens with one attached hydrogen (secondary N) is 3. The maximum Gasteiger partial charge on any atom is 0.413 e. The number of ether oxygens (including phenoxy) is 1. The predicted octanol–water partition coefficient (Wildman–Crippen LogP) is 1.24. The first-order chi connectivity index (χ1) is 9.99. The van der Waals surface area contributed by atoms with Crippen molar-refractivity contribution in [2.75, 3.05) is 26.3 Å². The molecule has 0 aromatic rings. The number of carbonyl (C=O) groups excluding carboxylic acids is 2. The van der Waals surface area contributed by atoms with Crippen molar-refractivity contribution >= 4 is 34.7 Å². The molecule has 122 valence electrons. The number of alkyl carbamates (subject to hydrolysis) is 1. The van der Waals surface area contributed by atoms with Crippen LogP contribution in [0.1, 0.15) is 26.7 Å². The summed E-state index contributed by atoms with van der Waals surface area (Å²) in [5.74, 6) is 0. The number of hydrogen-bond donors (Lipinski definition) is 4. The van der Waals surface area contributed by atoms with E-state index < -0.39 is 6.03 Å². The molecule has 0 aliphatic carbocycles. The van der Waals surface area contributed by atoms with Gasteiger partial charge in [0.25, 0.3) is 0 Å². The SMILES string of the molecule is CC=C(I)OC(=O)NCCCC.NC(=O)NN1CCNC1. The van der Waals surface area contributed by atoms with Crippen LogP contribution in [0.15, 0.2) is 9.84 Å². The van der Waals surface area contributed by atoms with Crippen LogP contribution in [0, 0.1) is 0 Å². The number of hydrogen-bond acceptors (Lipinski definition) is 5. The summed E-state index contributed by atoms with van der Waals surface area (Å²) < 4.78 is 5.44. The Bertz CT molecular complexity index is 346. The third-order valence-electron chi connectivity index (χ3n) is 2.35. The second-order valence-electron chi connectivity index (χ2n) is 4.16. The van der Waals surface area contributed by atoms with Gasteiger partial charge >= 0.3 is 12.1 Å². The van der Waals surface area contributed by atoms with E-state index in [1.54, 1.807) is 11.1 Å². The predicted molar refractivity (Wildman–Crippen MR) is 89.5 cm³/mol. The lowest BCUT2D eigenvalue weighted by Crippen LogP contribution is -2.44. The van der Waals surface area contributed by atoms with Crippen LogP contribution in [0.4, 0.5) is 9.59 Å². The van der Waals surface area contributed by atoms with Gasteiger partial charge in [-0.3, -0.25) is 5.43 Å². The highest BCUT2D eigenvalue weighted by molar-refractivity contribution is 14.1. The van der Waals surface area contributed by atoms with E-state index in [1.807, 2.05) is 29.5 Å². The number of hydrazine groups is 1. The highest BCUT2D eigenvalue weighted by Crippen LogP contribution is 2.06. The second kappa shape index (κ2) is 12.7. The molecule has 8 nitrogen and oxygen atoms in total. The molecule has 0 bridgehead atoms. The van der Waals surface area contributed by atoms with Crippen molar-refractivity contribution in [1.29, 1.82) is 0 Å². The Morgan fingerprint density at radius 3 is 2.71 bits per heavy atom. The lowest BCUT2D eigenvalue weighted by molar-refractivity contribution is 0.184. The first kappa shape index (κ1) is 19.9. The molecule has 0 spiro atoms. The van der Waals surface area contributed by atoms with E-state index >= 15 is 0 Å². The zero-order valence-corrected chi connectivity index (χ0v) is 14.6. The van der Waals surface area contributed by atoms with Crippen molar-refractivity contribution in [1.82, 2.24) is 21.1 Å². The zero-order chi connectivity index (χ0) is 16.1. The number of carbonyl (C=O) groups is 2. The number of unbranched alkanes of at least 4 members (excludes halogenated alkanes) is 1. The van der Waals surface area contributed by atoms with Crippen LogP contribution in [0.25, 0.3) is 0 Å². The van der Waals surface area contributed by atoms with Crippen molar-refractivity contribution in [2.24, 2.45) is 5.73 Å². The second-order valence-corrected chi connectivity index (χ2v) is 5.22. The average Bonchev–Trinajstić information content (AvgIpc) is 2.91. The molecule has 21 heavy (non-hydrogen) atoms. The van der Waals surface area contributed by atoms with Gasteiger partial charge in [0.2, 0.25) is 0 Å². The maximum absolute atomic E-state index is 10.9. The summed E-state index contributed by atoms with van der Waals surface area (Å²) in [5, 5.41) is 7.40. The van der Waals surface area contributed by atoms with Gasteiger partial charge in [-0.25, -0.2) is 14.6 Å². The van der Waals surface area contributed by atoms with Crippen molar-refractivity contribution in [3.63, 3.8) is 0 Å². The highest BCUT2D eigenvalue weighted by atomic mass is 127. The fraction of sp³-hybridized carbons (Fsp3) is 0.667. The molecule has 0 aromatic heterocycles. The fourth-order valence-electron chi connectivity index (χ4n) is 1.31. The van der Waals surface area contributed by atoms with E-state index in [-0.39, 0.29) is 6.09 Å². The molecule has 0 atom stereocenters. The number of allylic oxidation sites excluding steroid dienone is 1. The van der Waals surface area contributed by atoms with Crippen LogP contribution >= 0.6 is 22.6 Å². The molecule has 1 rings (SSSR count). The minimum absolute atomic E-state index is 0.369. The summed E-state index contributed by atoms with van der Waals surface area (Å²) >= 11 is 1.96. The Kier molecular flexibility index (Phi) is 12.0. The fourth-order valence-corrected chi connectivity index (χ4v) is 1.51. The molecule has 1 heterocycles. The van der Waals surface area contributed by atoms with E-state index in [2.05, 4.69) is 23.0 Å². The quantitative estimate of drug-likeness (QED) is 0.308. The van der Waals surface area contributed by atoms with Gasteiger partial charge in [-0.05, 0) is 42.0 Å². The summed E-state index contributed by atoms with van der Waals surface area (Å²) in [7, 11) is 0. The molecule has 9 heteroatoms. The molecule has 1 aliphatic heterocycles. The number of rotatable bonds is 5. The van der Waals surface area contributed by atoms with Crippen molar-refractivity contribution in [3.05, 3.63) is 9.84 Å². The molecule has 0 aromatic carbocycles. The molecule has 0 saturated carbocycles. The normalized spacial score (nSPS) is 14.9. The Hall–Kier alpha value is -1.07. The van der Waals surface area contributed by atoms with Crippen LogP contribution in [0.2, 0.25) is 0 Å². The minimum atomic E-state index is -0.501. The van der Waals surface area contributed by atoms with Crippen molar-refractivity contribution in [2.45, 2.75) is 26.7 Å². The van der Waals surface area contributed by atoms with Gasteiger partial charge in [0.05, 0.1) is 6.67 Å². The number of nitrogens with zero attached hydrogens (tertiary/aromatic N) is 1. The standard InChI is InChI=1S/C8H14INO2.C4H10N4O/c1-3-5-6-10-8(11)12-7(9)4-2;5-4(9)7-8-2-1-6-3-8/h4H,3,5-6H2,1-2H3,(H,10,11);6H,1-3H2,(H3,5,7,9). The third kappa shape index (κ3) is 12.4. The summed E-state index contributed by atoms with van der Waals surface area (Å²) in [6.07, 6.45) is 3.42. The van der Waals surface area contributed by atoms with Crippen LogP contribution in [-0.2, 0) is 4.74 Å². The number of urea groups is 1. The van der Waals surface area contributed by atoms with Crippen LogP contribution in [-0.4, -0.2) is 43.4 Å². The van der Waals surface area contributed by atoms with Gasteiger partial charge in [-0.15, -0.1) is 0 Å². The Balaban J connectivity index is 0.000000394. The van der Waals surface area contributed by atoms with E-state index in [4.69, 9.17) is 10.5 Å². The van der Waals surface area contributed by atoms with E-state index in [9.17, 15) is 9.59 Å². The zero-order valence-electron chi connectivity index (χ0n) is 12.4. The first-order valence-electron chi connectivity index (χ1n) is 6.78. The Morgan fingerprint density at radius 2 is 2.24 bits per heavy atom. The molecule has 1 fully saturated rings. The van der Waals surface area contributed by atoms with Gasteiger partial charge in [0.15, 0.2) is 3.77 Å². The summed E-state index contributed by atoms with van der Waals surface area (Å²) in [6.45, 7) is 6.99. The number of halogens is 1. The lowest BCUT2D eigenvalue weighted by Gasteiger charge is -2.12. The number of amides is 3. The van der Waals surface area contributed by atoms with Crippen LogP contribution < -0.4 is 21.8 Å². The molecule has 0 radical (unpaired) electrons. The smallest absolute Gasteiger partial charge is 0.404 e. The summed E-state index contributed by atoms with van der Waals surface area (Å²) in [6, 6.07) is -0.501. The van der Waals surface area contributed by atoms with Gasteiger partial charge in [-0.1, -0.05) is 13.3 Å². The maximum atomic E-state index is 10.9. The van der Waals surface area contributed by atoms with Gasteiger partial charge in [0.1, 0.15) is 0 Å². The minimum Gasteiger partial charge on any atom is -0.404 e. The number of nitrogens with two attached hydrogens (primary N) is 1. The average molecular weight is 413 g/mol. The first-order valence-corrected chi connectivity index (χ1v) is 7.86. The lowest BCUT2D eigenvalue weighted by atomic mass is 10.3. The monoisotopic (exact) mass is 413 g/mol. The molecule has 0 unspecified atom stereocenters. The van der Waals surface area contributed by atoms with Crippen molar-refractivity contribution < 1.29 is 14.3 Å².